The van der Waals surface area contributed by atoms with Crippen LogP contribution in [0, 0.1) is 6.92 Å². The largest absolute Gasteiger partial charge is 0.493 e. The Balaban J connectivity index is 2.35. The van der Waals surface area contributed by atoms with Crippen LogP contribution in [-0.2, 0) is 5.41 Å². The average Bonchev–Trinajstić information content (AvgIpc) is 2.48. The standard InChI is InChI=1S/C19H30N2O2/c1-6-23-18-15(11-14(2)12-16(18)19(3,4)5)17(22)13-21-9-7-20-8-10-21/h11-12,20H,6-10,13H2,1-5H3. The Labute approximate surface area is 140 Å². The molecule has 0 unspecified atom stereocenters. The molecule has 0 spiro atoms. The Morgan fingerprint density at radius 1 is 1.26 bits per heavy atom. The molecule has 1 aliphatic heterocycles. The van der Waals surface area contributed by atoms with E-state index in [1.54, 1.807) is 0 Å². The van der Waals surface area contributed by atoms with Gasteiger partial charge >= 0.3 is 0 Å². The van der Waals surface area contributed by atoms with Crippen LogP contribution in [0.2, 0.25) is 0 Å². The van der Waals surface area contributed by atoms with Crippen LogP contribution in [-0.4, -0.2) is 50.0 Å². The van der Waals surface area contributed by atoms with Crippen molar-refractivity contribution >= 4 is 5.78 Å². The van der Waals surface area contributed by atoms with Gasteiger partial charge in [0.1, 0.15) is 5.75 Å². The highest BCUT2D eigenvalue weighted by molar-refractivity contribution is 6.00. The molecule has 1 aliphatic rings. The molecule has 23 heavy (non-hydrogen) atoms. The molecule has 4 nitrogen and oxygen atoms in total. The molecule has 0 bridgehead atoms. The van der Waals surface area contributed by atoms with Gasteiger partial charge in [0.15, 0.2) is 5.78 Å². The maximum atomic E-state index is 12.9. The van der Waals surface area contributed by atoms with Crippen LogP contribution in [0.5, 0.6) is 5.75 Å². The Morgan fingerprint density at radius 3 is 2.48 bits per heavy atom. The van der Waals surface area contributed by atoms with Crippen LogP contribution in [0.15, 0.2) is 12.1 Å². The maximum absolute atomic E-state index is 12.9. The summed E-state index contributed by atoms with van der Waals surface area (Å²) in [5, 5.41) is 3.32. The molecule has 1 N–H and O–H groups in total. The molecular formula is C19H30N2O2. The Hall–Kier alpha value is -1.39. The number of nitrogens with zero attached hydrogens (tertiary/aromatic N) is 1. The zero-order chi connectivity index (χ0) is 17.0. The molecule has 0 radical (unpaired) electrons. The predicted octanol–water partition coefficient (Wildman–Crippen LogP) is 2.78. The predicted molar refractivity (Wildman–Crippen MR) is 94.7 cm³/mol. The van der Waals surface area contributed by atoms with Crippen LogP contribution in [0.3, 0.4) is 0 Å². The third-order valence-corrected chi connectivity index (χ3v) is 4.21. The van der Waals surface area contributed by atoms with Gasteiger partial charge in [-0.25, -0.2) is 0 Å². The van der Waals surface area contributed by atoms with Crippen molar-refractivity contribution in [1.29, 1.82) is 0 Å². The van der Waals surface area contributed by atoms with Gasteiger partial charge in [0.2, 0.25) is 0 Å². The van der Waals surface area contributed by atoms with Gasteiger partial charge in [0.05, 0.1) is 18.7 Å². The summed E-state index contributed by atoms with van der Waals surface area (Å²) >= 11 is 0. The smallest absolute Gasteiger partial charge is 0.180 e. The van der Waals surface area contributed by atoms with E-state index in [0.717, 1.165) is 48.6 Å². The number of ketones is 1. The third-order valence-electron chi connectivity index (χ3n) is 4.21. The van der Waals surface area contributed by atoms with Gasteiger partial charge in [0, 0.05) is 31.7 Å². The molecule has 2 rings (SSSR count). The Morgan fingerprint density at radius 2 is 1.91 bits per heavy atom. The average molecular weight is 318 g/mol. The lowest BCUT2D eigenvalue weighted by molar-refractivity contribution is 0.0917. The van der Waals surface area contributed by atoms with Crippen LogP contribution in [0.4, 0.5) is 0 Å². The zero-order valence-corrected chi connectivity index (χ0v) is 15.2. The number of Topliss-reactive ketones (excluding diaryl/α,β-unsaturated/α-hetero) is 1. The molecule has 4 heteroatoms. The molecule has 1 aromatic carbocycles. The molecule has 1 saturated heterocycles. The van der Waals surface area contributed by atoms with Gasteiger partial charge in [-0.15, -0.1) is 0 Å². The first-order valence-electron chi connectivity index (χ1n) is 8.57. The van der Waals surface area contributed by atoms with Crippen molar-refractivity contribution in [2.45, 2.75) is 40.0 Å². The fourth-order valence-electron chi connectivity index (χ4n) is 2.99. The number of nitrogens with one attached hydrogen (secondary N) is 1. The number of piperazine rings is 1. The number of hydrogen-bond acceptors (Lipinski definition) is 4. The van der Waals surface area contributed by atoms with Crippen LogP contribution in [0.25, 0.3) is 0 Å². The second kappa shape index (κ2) is 7.45. The highest BCUT2D eigenvalue weighted by Gasteiger charge is 2.26. The van der Waals surface area contributed by atoms with Crippen molar-refractivity contribution in [2.24, 2.45) is 0 Å². The van der Waals surface area contributed by atoms with E-state index in [-0.39, 0.29) is 11.2 Å². The summed E-state index contributed by atoms with van der Waals surface area (Å²) in [5.74, 6) is 0.926. The van der Waals surface area contributed by atoms with Gasteiger partial charge in [-0.1, -0.05) is 26.8 Å². The van der Waals surface area contributed by atoms with Crippen LogP contribution in [0.1, 0.15) is 49.2 Å². The normalized spacial score (nSPS) is 16.4. The van der Waals surface area contributed by atoms with Crippen molar-refractivity contribution < 1.29 is 9.53 Å². The molecular weight excluding hydrogens is 288 g/mol. The van der Waals surface area contributed by atoms with E-state index in [9.17, 15) is 4.79 Å². The number of aryl methyl sites for hydroxylation is 1. The van der Waals surface area contributed by atoms with E-state index >= 15 is 0 Å². The second-order valence-electron chi connectivity index (χ2n) is 7.32. The monoisotopic (exact) mass is 318 g/mol. The second-order valence-corrected chi connectivity index (χ2v) is 7.32. The quantitative estimate of drug-likeness (QED) is 0.848. The van der Waals surface area contributed by atoms with E-state index in [4.69, 9.17) is 4.74 Å². The van der Waals surface area contributed by atoms with Crippen molar-refractivity contribution in [3.8, 4) is 5.75 Å². The summed E-state index contributed by atoms with van der Waals surface area (Å²) in [5.41, 5.74) is 2.90. The maximum Gasteiger partial charge on any atom is 0.180 e. The molecule has 0 aliphatic carbocycles. The lowest BCUT2D eigenvalue weighted by Gasteiger charge is -2.28. The van der Waals surface area contributed by atoms with E-state index < -0.39 is 0 Å². The molecule has 128 valence electrons. The number of carbonyl (C=O) groups is 1. The summed E-state index contributed by atoms with van der Waals surface area (Å²) in [6.45, 7) is 15.3. The van der Waals surface area contributed by atoms with Gasteiger partial charge < -0.3 is 10.1 Å². The SMILES string of the molecule is CCOc1c(C(=O)CN2CCNCC2)cc(C)cc1C(C)(C)C. The summed E-state index contributed by atoms with van der Waals surface area (Å²) in [4.78, 5) is 15.1. The Kier molecular flexibility index (Phi) is 5.82. The summed E-state index contributed by atoms with van der Waals surface area (Å²) in [6, 6.07) is 4.12. The van der Waals surface area contributed by atoms with Crippen LogP contribution >= 0.6 is 0 Å². The first-order chi connectivity index (χ1) is 10.8. The Bertz CT molecular complexity index is 555. The van der Waals surface area contributed by atoms with E-state index in [2.05, 4.69) is 37.1 Å². The van der Waals surface area contributed by atoms with Crippen molar-refractivity contribution in [2.75, 3.05) is 39.3 Å². The lowest BCUT2D eigenvalue weighted by atomic mass is 9.83. The van der Waals surface area contributed by atoms with Gasteiger partial charge in [-0.2, -0.15) is 0 Å². The first kappa shape index (κ1) is 18.0. The molecule has 0 amide bonds. The summed E-state index contributed by atoms with van der Waals surface area (Å²) in [6.07, 6.45) is 0. The lowest BCUT2D eigenvalue weighted by Crippen LogP contribution is -2.45. The molecule has 1 aromatic rings. The first-order valence-corrected chi connectivity index (χ1v) is 8.57. The zero-order valence-electron chi connectivity index (χ0n) is 15.2. The number of rotatable bonds is 5. The highest BCUT2D eigenvalue weighted by Crippen LogP contribution is 2.35. The number of benzene rings is 1. The fraction of sp³-hybridized carbons (Fsp3) is 0.632. The van der Waals surface area contributed by atoms with Crippen molar-refractivity contribution in [1.82, 2.24) is 10.2 Å². The minimum absolute atomic E-state index is 0.0550. The summed E-state index contributed by atoms with van der Waals surface area (Å²) < 4.78 is 5.91. The molecule has 0 atom stereocenters. The fourth-order valence-corrected chi connectivity index (χ4v) is 2.99. The molecule has 1 fully saturated rings. The molecule has 1 heterocycles. The van der Waals surface area contributed by atoms with Gasteiger partial charge in [0.25, 0.3) is 0 Å². The van der Waals surface area contributed by atoms with E-state index in [1.165, 1.54) is 0 Å². The topological polar surface area (TPSA) is 41.6 Å². The summed E-state index contributed by atoms with van der Waals surface area (Å²) in [7, 11) is 0. The minimum atomic E-state index is -0.0550. The van der Waals surface area contributed by atoms with Gasteiger partial charge in [-0.3, -0.25) is 9.69 Å². The van der Waals surface area contributed by atoms with Crippen LogP contribution < -0.4 is 10.1 Å². The molecule has 0 saturated carbocycles. The number of carbonyl (C=O) groups excluding carboxylic acids is 1. The van der Waals surface area contributed by atoms with Crippen molar-refractivity contribution in [3.05, 3.63) is 28.8 Å². The third kappa shape index (κ3) is 4.55. The number of hydrogen-bond donors (Lipinski definition) is 1. The van der Waals surface area contributed by atoms with Gasteiger partial charge in [-0.05, 0) is 30.9 Å². The highest BCUT2D eigenvalue weighted by atomic mass is 16.5. The van der Waals surface area contributed by atoms with E-state index in [0.29, 0.717) is 13.2 Å². The van der Waals surface area contributed by atoms with Crippen molar-refractivity contribution in [3.63, 3.8) is 0 Å². The minimum Gasteiger partial charge on any atom is -0.493 e. The molecule has 0 aromatic heterocycles. The van der Waals surface area contributed by atoms with E-state index in [1.807, 2.05) is 19.9 Å². The number of ether oxygens (including phenoxy) is 1.